The number of aliphatic imine (C=N–C) groups is 1. The summed E-state index contributed by atoms with van der Waals surface area (Å²) in [7, 11) is -2.05. The SMILES string of the molecule is CCNC(=NCc1ccc(F)c(C)c1)NCc1ccc(S(=O)(=O)NC)cc1.I. The fraction of sp³-hybridized carbons (Fsp3) is 0.316. The number of nitrogens with zero attached hydrogens (tertiary/aromatic N) is 1. The van der Waals surface area contributed by atoms with E-state index < -0.39 is 10.0 Å². The van der Waals surface area contributed by atoms with Crippen molar-refractivity contribution in [3.63, 3.8) is 0 Å². The zero-order valence-corrected chi connectivity index (χ0v) is 19.3. The van der Waals surface area contributed by atoms with Crippen LogP contribution in [0, 0.1) is 12.7 Å². The van der Waals surface area contributed by atoms with Crippen molar-refractivity contribution in [3.05, 3.63) is 65.0 Å². The van der Waals surface area contributed by atoms with Gasteiger partial charge < -0.3 is 10.6 Å². The van der Waals surface area contributed by atoms with Gasteiger partial charge in [0, 0.05) is 13.1 Å². The molecule has 6 nitrogen and oxygen atoms in total. The molecule has 0 saturated heterocycles. The molecule has 0 fully saturated rings. The highest BCUT2D eigenvalue weighted by atomic mass is 127. The van der Waals surface area contributed by atoms with Gasteiger partial charge in [0.2, 0.25) is 10.0 Å². The Kier molecular flexibility index (Phi) is 9.83. The molecule has 0 aliphatic carbocycles. The summed E-state index contributed by atoms with van der Waals surface area (Å²) in [6.45, 7) is 5.32. The van der Waals surface area contributed by atoms with Crippen LogP contribution in [-0.4, -0.2) is 28.0 Å². The summed E-state index contributed by atoms with van der Waals surface area (Å²) in [6.07, 6.45) is 0. The van der Waals surface area contributed by atoms with Crippen LogP contribution in [0.3, 0.4) is 0 Å². The average molecular weight is 520 g/mol. The summed E-state index contributed by atoms with van der Waals surface area (Å²) < 4.78 is 39.1. The molecule has 2 aromatic rings. The molecule has 28 heavy (non-hydrogen) atoms. The molecule has 9 heteroatoms. The molecule has 0 aliphatic heterocycles. The fourth-order valence-electron chi connectivity index (χ4n) is 2.41. The molecule has 154 valence electrons. The Hall–Kier alpha value is -1.72. The van der Waals surface area contributed by atoms with Crippen molar-refractivity contribution < 1.29 is 12.8 Å². The van der Waals surface area contributed by atoms with E-state index >= 15 is 0 Å². The summed E-state index contributed by atoms with van der Waals surface area (Å²) in [5.74, 6) is 0.405. The summed E-state index contributed by atoms with van der Waals surface area (Å²) in [5.41, 5.74) is 2.44. The first kappa shape index (κ1) is 24.3. The predicted molar refractivity (Wildman–Crippen MR) is 121 cm³/mol. The van der Waals surface area contributed by atoms with Crippen LogP contribution in [0.4, 0.5) is 4.39 Å². The maximum absolute atomic E-state index is 13.3. The molecule has 0 amide bonds. The van der Waals surface area contributed by atoms with Gasteiger partial charge >= 0.3 is 0 Å². The van der Waals surface area contributed by atoms with Crippen molar-refractivity contribution >= 4 is 40.0 Å². The smallest absolute Gasteiger partial charge is 0.240 e. The van der Waals surface area contributed by atoms with Gasteiger partial charge in [-0.2, -0.15) is 0 Å². The summed E-state index contributed by atoms with van der Waals surface area (Å²) >= 11 is 0. The predicted octanol–water partition coefficient (Wildman–Crippen LogP) is 2.92. The quantitative estimate of drug-likeness (QED) is 0.298. The molecule has 0 atom stereocenters. The zero-order chi connectivity index (χ0) is 19.9. The molecule has 2 rings (SSSR count). The minimum Gasteiger partial charge on any atom is -0.357 e. The highest BCUT2D eigenvalue weighted by molar-refractivity contribution is 14.0. The number of hydrogen-bond acceptors (Lipinski definition) is 3. The largest absolute Gasteiger partial charge is 0.357 e. The molecule has 0 heterocycles. The maximum Gasteiger partial charge on any atom is 0.240 e. The maximum atomic E-state index is 13.3. The topological polar surface area (TPSA) is 82.6 Å². The van der Waals surface area contributed by atoms with Crippen LogP contribution in [0.5, 0.6) is 0 Å². The Labute approximate surface area is 183 Å². The summed E-state index contributed by atoms with van der Waals surface area (Å²) in [5, 5.41) is 6.36. The van der Waals surface area contributed by atoms with E-state index in [-0.39, 0.29) is 34.7 Å². The normalized spacial score (nSPS) is 11.6. The molecule has 0 aliphatic rings. The third kappa shape index (κ3) is 7.02. The van der Waals surface area contributed by atoms with Crippen LogP contribution in [0.1, 0.15) is 23.6 Å². The van der Waals surface area contributed by atoms with Gasteiger partial charge in [0.1, 0.15) is 5.82 Å². The van der Waals surface area contributed by atoms with Crippen LogP contribution < -0.4 is 15.4 Å². The minimum absolute atomic E-state index is 0. The number of sulfonamides is 1. The molecule has 0 saturated carbocycles. The lowest BCUT2D eigenvalue weighted by Gasteiger charge is -2.12. The number of hydrogen-bond donors (Lipinski definition) is 3. The number of benzene rings is 2. The van der Waals surface area contributed by atoms with Crippen molar-refractivity contribution in [1.82, 2.24) is 15.4 Å². The highest BCUT2D eigenvalue weighted by Gasteiger charge is 2.10. The second-order valence-corrected chi connectivity index (χ2v) is 7.87. The van der Waals surface area contributed by atoms with E-state index in [1.54, 1.807) is 43.3 Å². The highest BCUT2D eigenvalue weighted by Crippen LogP contribution is 2.11. The van der Waals surface area contributed by atoms with Crippen LogP contribution >= 0.6 is 24.0 Å². The monoisotopic (exact) mass is 520 g/mol. The number of halogens is 2. The molecule has 3 N–H and O–H groups in total. The van der Waals surface area contributed by atoms with Crippen molar-refractivity contribution in [1.29, 1.82) is 0 Å². The fourth-order valence-corrected chi connectivity index (χ4v) is 3.14. The van der Waals surface area contributed by atoms with Crippen molar-refractivity contribution in [2.24, 2.45) is 4.99 Å². The molecule has 0 bridgehead atoms. The lowest BCUT2D eigenvalue weighted by atomic mass is 10.1. The van der Waals surface area contributed by atoms with E-state index in [2.05, 4.69) is 20.3 Å². The Morgan fingerprint density at radius 1 is 1.07 bits per heavy atom. The molecule has 0 unspecified atom stereocenters. The summed E-state index contributed by atoms with van der Waals surface area (Å²) in [4.78, 5) is 4.73. The second-order valence-electron chi connectivity index (χ2n) is 5.98. The first-order valence-corrected chi connectivity index (χ1v) is 10.1. The molecule has 0 spiro atoms. The van der Waals surface area contributed by atoms with Gasteiger partial charge in [-0.25, -0.2) is 22.5 Å². The third-order valence-corrected chi connectivity index (χ3v) is 5.38. The Morgan fingerprint density at radius 2 is 1.71 bits per heavy atom. The Bertz CT molecular complexity index is 903. The van der Waals surface area contributed by atoms with E-state index in [0.717, 1.165) is 11.1 Å². The molecule has 2 aromatic carbocycles. The number of rotatable bonds is 7. The van der Waals surface area contributed by atoms with Crippen molar-refractivity contribution in [2.45, 2.75) is 31.8 Å². The Balaban J connectivity index is 0.00000392. The third-order valence-electron chi connectivity index (χ3n) is 3.95. The Morgan fingerprint density at radius 3 is 2.29 bits per heavy atom. The van der Waals surface area contributed by atoms with Gasteiger partial charge in [-0.05, 0) is 55.8 Å². The van der Waals surface area contributed by atoms with Gasteiger partial charge in [-0.1, -0.05) is 24.3 Å². The lowest BCUT2D eigenvalue weighted by Crippen LogP contribution is -2.36. The van der Waals surface area contributed by atoms with Gasteiger partial charge in [0.15, 0.2) is 5.96 Å². The van der Waals surface area contributed by atoms with Crippen LogP contribution in [0.15, 0.2) is 52.4 Å². The first-order chi connectivity index (χ1) is 12.9. The summed E-state index contributed by atoms with van der Waals surface area (Å²) in [6, 6.07) is 11.6. The molecule has 0 aromatic heterocycles. The van der Waals surface area contributed by atoms with E-state index in [4.69, 9.17) is 0 Å². The van der Waals surface area contributed by atoms with Crippen molar-refractivity contribution in [2.75, 3.05) is 13.6 Å². The van der Waals surface area contributed by atoms with E-state index in [0.29, 0.717) is 31.2 Å². The van der Waals surface area contributed by atoms with Gasteiger partial charge in [0.25, 0.3) is 0 Å². The van der Waals surface area contributed by atoms with Crippen LogP contribution in [0.25, 0.3) is 0 Å². The van der Waals surface area contributed by atoms with E-state index in [1.807, 2.05) is 6.92 Å². The number of nitrogens with one attached hydrogen (secondary N) is 3. The standard InChI is InChI=1S/C19H25FN4O2S.HI/c1-4-22-19(24-13-16-7-10-18(20)14(2)11-16)23-12-15-5-8-17(9-6-15)27(25,26)21-3;/h5-11,21H,4,12-13H2,1-3H3,(H2,22,23,24);1H. The lowest BCUT2D eigenvalue weighted by molar-refractivity contribution is 0.588. The number of guanidine groups is 1. The number of aryl methyl sites for hydroxylation is 1. The van der Waals surface area contributed by atoms with Crippen LogP contribution in [-0.2, 0) is 23.1 Å². The van der Waals surface area contributed by atoms with E-state index in [1.165, 1.54) is 13.1 Å². The average Bonchev–Trinajstić information content (AvgIpc) is 2.67. The molecular formula is C19H26FIN4O2S. The molecular weight excluding hydrogens is 494 g/mol. The zero-order valence-electron chi connectivity index (χ0n) is 16.1. The van der Waals surface area contributed by atoms with Gasteiger partial charge in [-0.15, -0.1) is 24.0 Å². The second kappa shape index (κ2) is 11.3. The van der Waals surface area contributed by atoms with Gasteiger partial charge in [-0.3, -0.25) is 0 Å². The van der Waals surface area contributed by atoms with Gasteiger partial charge in [0.05, 0.1) is 11.4 Å². The minimum atomic E-state index is -3.43. The molecule has 0 radical (unpaired) electrons. The van der Waals surface area contributed by atoms with Crippen molar-refractivity contribution in [3.8, 4) is 0 Å². The van der Waals surface area contributed by atoms with E-state index in [9.17, 15) is 12.8 Å². The first-order valence-electron chi connectivity index (χ1n) is 8.65. The van der Waals surface area contributed by atoms with Crippen LogP contribution in [0.2, 0.25) is 0 Å².